The minimum Gasteiger partial charge on any atom is -0.478 e. The second kappa shape index (κ2) is 5.70. The van der Waals surface area contributed by atoms with Gasteiger partial charge in [0.25, 0.3) is 0 Å². The molecule has 0 amide bonds. The molecular weight excluding hydrogens is 292 g/mol. The van der Waals surface area contributed by atoms with Crippen molar-refractivity contribution in [1.82, 2.24) is 0 Å². The van der Waals surface area contributed by atoms with Crippen LogP contribution in [-0.2, 0) is 19.7 Å². The van der Waals surface area contributed by atoms with Crippen LogP contribution in [0.5, 0.6) is 0 Å². The molecule has 1 aromatic carbocycles. The number of sulfone groups is 2. The summed E-state index contributed by atoms with van der Waals surface area (Å²) in [7, 11) is -7.18. The van der Waals surface area contributed by atoms with E-state index in [1.807, 2.05) is 0 Å². The minimum atomic E-state index is -3.80. The van der Waals surface area contributed by atoms with Gasteiger partial charge in [-0.05, 0) is 18.2 Å². The normalized spacial score (nSPS) is 12.3. The van der Waals surface area contributed by atoms with Gasteiger partial charge in [-0.15, -0.1) is 0 Å². The maximum Gasteiger partial charge on any atom is 0.335 e. The Morgan fingerprint density at radius 1 is 1.16 bits per heavy atom. The number of hydrogen-bond acceptors (Lipinski definition) is 5. The Kier molecular flexibility index (Phi) is 4.70. The van der Waals surface area contributed by atoms with Crippen LogP contribution in [0.2, 0.25) is 0 Å². The summed E-state index contributed by atoms with van der Waals surface area (Å²) in [5.74, 6) is -2.38. The molecule has 6 nitrogen and oxygen atoms in total. The molecule has 0 saturated carbocycles. The van der Waals surface area contributed by atoms with E-state index in [2.05, 4.69) is 0 Å². The topological polar surface area (TPSA) is 106 Å². The Hall–Kier alpha value is -1.41. The highest BCUT2D eigenvalue weighted by molar-refractivity contribution is 7.95. The first-order chi connectivity index (χ1) is 8.68. The molecule has 0 fully saturated rings. The molecule has 1 N–H and O–H groups in total. The zero-order valence-corrected chi connectivity index (χ0v) is 11.9. The molecule has 0 heterocycles. The van der Waals surface area contributed by atoms with Gasteiger partial charge in [-0.1, -0.05) is 13.0 Å². The molecule has 0 bridgehead atoms. The zero-order valence-electron chi connectivity index (χ0n) is 10.2. The minimum absolute atomic E-state index is 0.127. The van der Waals surface area contributed by atoms with Crippen LogP contribution in [-0.4, -0.2) is 45.2 Å². The monoisotopic (exact) mass is 306 g/mol. The molecule has 1 aromatic rings. The molecular formula is C11H14O6S2. The average molecular weight is 306 g/mol. The van der Waals surface area contributed by atoms with E-state index >= 15 is 0 Å². The van der Waals surface area contributed by atoms with E-state index < -0.39 is 37.1 Å². The molecule has 8 heteroatoms. The number of benzene rings is 1. The fourth-order valence-electron chi connectivity index (χ4n) is 1.32. The lowest BCUT2D eigenvalue weighted by atomic mass is 10.2. The molecule has 0 spiro atoms. The molecule has 0 radical (unpaired) electrons. The molecule has 106 valence electrons. The third kappa shape index (κ3) is 4.32. The van der Waals surface area contributed by atoms with Crippen LogP contribution in [0.1, 0.15) is 17.3 Å². The van der Waals surface area contributed by atoms with E-state index in [1.165, 1.54) is 25.1 Å². The second-order valence-corrected chi connectivity index (χ2v) is 8.47. The molecule has 0 aliphatic rings. The van der Waals surface area contributed by atoms with Crippen molar-refractivity contribution < 1.29 is 26.7 Å². The van der Waals surface area contributed by atoms with Crippen LogP contribution in [0.25, 0.3) is 0 Å². The maximum atomic E-state index is 11.9. The van der Waals surface area contributed by atoms with Crippen molar-refractivity contribution in [3.05, 3.63) is 29.8 Å². The zero-order chi connectivity index (χ0) is 14.7. The van der Waals surface area contributed by atoms with Crippen molar-refractivity contribution >= 4 is 25.6 Å². The van der Waals surface area contributed by atoms with Gasteiger partial charge in [0.15, 0.2) is 19.7 Å². The molecule has 0 unspecified atom stereocenters. The van der Waals surface area contributed by atoms with Crippen molar-refractivity contribution in [1.29, 1.82) is 0 Å². The summed E-state index contributed by atoms with van der Waals surface area (Å²) in [6, 6.07) is 4.85. The predicted molar refractivity (Wildman–Crippen MR) is 69.8 cm³/mol. The standard InChI is InChI=1S/C11H14O6S2/c1-2-18(14,15)6-7-19(16,17)10-5-3-4-9(8-10)11(12)13/h3-5,8H,2,6-7H2,1H3,(H,12,13). The largest absolute Gasteiger partial charge is 0.478 e. The van der Waals surface area contributed by atoms with Gasteiger partial charge in [-0.25, -0.2) is 21.6 Å². The van der Waals surface area contributed by atoms with Gasteiger partial charge >= 0.3 is 5.97 Å². The van der Waals surface area contributed by atoms with E-state index in [1.54, 1.807) is 0 Å². The molecule has 0 saturated heterocycles. The van der Waals surface area contributed by atoms with Crippen LogP contribution in [0.3, 0.4) is 0 Å². The Labute approximate surface area is 111 Å². The second-order valence-electron chi connectivity index (χ2n) is 3.89. The van der Waals surface area contributed by atoms with Crippen LogP contribution in [0.15, 0.2) is 29.2 Å². The lowest BCUT2D eigenvalue weighted by molar-refractivity contribution is 0.0696. The molecule has 1 rings (SSSR count). The number of aromatic carboxylic acids is 1. The highest BCUT2D eigenvalue weighted by Gasteiger charge is 2.19. The molecule has 0 atom stereocenters. The Balaban J connectivity index is 3.01. The number of rotatable bonds is 6. The quantitative estimate of drug-likeness (QED) is 0.824. The third-order valence-electron chi connectivity index (χ3n) is 2.54. The highest BCUT2D eigenvalue weighted by atomic mass is 32.2. The average Bonchev–Trinajstić information content (AvgIpc) is 2.37. The SMILES string of the molecule is CCS(=O)(=O)CCS(=O)(=O)c1cccc(C(=O)O)c1. The lowest BCUT2D eigenvalue weighted by Crippen LogP contribution is -2.19. The molecule has 0 aromatic heterocycles. The Morgan fingerprint density at radius 2 is 1.79 bits per heavy atom. The fraction of sp³-hybridized carbons (Fsp3) is 0.364. The van der Waals surface area contributed by atoms with Crippen molar-refractivity contribution in [2.24, 2.45) is 0 Å². The third-order valence-corrected chi connectivity index (χ3v) is 6.22. The van der Waals surface area contributed by atoms with Crippen LogP contribution < -0.4 is 0 Å². The summed E-state index contributed by atoms with van der Waals surface area (Å²) >= 11 is 0. The summed E-state index contributed by atoms with van der Waals surface area (Å²) in [6.07, 6.45) is 0. The van der Waals surface area contributed by atoms with Gasteiger partial charge in [0.05, 0.1) is 22.0 Å². The summed E-state index contributed by atoms with van der Waals surface area (Å²) in [4.78, 5) is 10.6. The highest BCUT2D eigenvalue weighted by Crippen LogP contribution is 2.14. The molecule has 0 aliphatic heterocycles. The first kappa shape index (κ1) is 15.6. The van der Waals surface area contributed by atoms with Crippen molar-refractivity contribution in [3.8, 4) is 0 Å². The summed E-state index contributed by atoms with van der Waals surface area (Å²) in [6.45, 7) is 1.44. The van der Waals surface area contributed by atoms with E-state index in [-0.39, 0.29) is 16.2 Å². The van der Waals surface area contributed by atoms with Crippen molar-refractivity contribution in [2.75, 3.05) is 17.3 Å². The van der Waals surface area contributed by atoms with Gasteiger partial charge in [0.2, 0.25) is 0 Å². The number of carboxylic acid groups (broad SMARTS) is 1. The van der Waals surface area contributed by atoms with Gasteiger partial charge in [0, 0.05) is 5.75 Å². The Bertz CT molecular complexity index is 673. The molecule has 19 heavy (non-hydrogen) atoms. The summed E-state index contributed by atoms with van der Waals surface area (Å²) < 4.78 is 46.4. The Morgan fingerprint density at radius 3 is 2.32 bits per heavy atom. The lowest BCUT2D eigenvalue weighted by Gasteiger charge is -2.05. The first-order valence-corrected chi connectivity index (χ1v) is 8.92. The number of hydrogen-bond donors (Lipinski definition) is 1. The van der Waals surface area contributed by atoms with Crippen LogP contribution >= 0.6 is 0 Å². The van der Waals surface area contributed by atoms with Gasteiger partial charge in [-0.2, -0.15) is 0 Å². The molecule has 0 aliphatic carbocycles. The summed E-state index contributed by atoms with van der Waals surface area (Å²) in [5, 5.41) is 8.78. The van der Waals surface area contributed by atoms with Crippen LogP contribution in [0.4, 0.5) is 0 Å². The van der Waals surface area contributed by atoms with Crippen molar-refractivity contribution in [2.45, 2.75) is 11.8 Å². The van der Waals surface area contributed by atoms with E-state index in [9.17, 15) is 21.6 Å². The number of carboxylic acids is 1. The van der Waals surface area contributed by atoms with Crippen LogP contribution in [0, 0.1) is 0 Å². The van der Waals surface area contributed by atoms with Gasteiger partial charge in [-0.3, -0.25) is 0 Å². The first-order valence-electron chi connectivity index (χ1n) is 5.44. The fourth-order valence-corrected chi connectivity index (χ4v) is 4.33. The van der Waals surface area contributed by atoms with Crippen molar-refractivity contribution in [3.63, 3.8) is 0 Å². The smallest absolute Gasteiger partial charge is 0.335 e. The maximum absolute atomic E-state index is 11.9. The van der Waals surface area contributed by atoms with E-state index in [0.717, 1.165) is 6.07 Å². The van der Waals surface area contributed by atoms with Gasteiger partial charge < -0.3 is 5.11 Å². The predicted octanol–water partition coefficient (Wildman–Crippen LogP) is 0.593. The number of carbonyl (C=O) groups is 1. The van der Waals surface area contributed by atoms with Gasteiger partial charge in [0.1, 0.15) is 0 Å². The van der Waals surface area contributed by atoms with E-state index in [4.69, 9.17) is 5.11 Å². The van der Waals surface area contributed by atoms with E-state index in [0.29, 0.717) is 0 Å². The summed E-state index contributed by atoms with van der Waals surface area (Å²) in [5.41, 5.74) is -0.153.